The van der Waals surface area contributed by atoms with Crippen LogP contribution in [0, 0.1) is 5.41 Å². The molecule has 0 heterocycles. The van der Waals surface area contributed by atoms with E-state index in [-0.39, 0.29) is 5.41 Å². The first-order valence-electron chi connectivity index (χ1n) is 6.70. The van der Waals surface area contributed by atoms with Gasteiger partial charge in [-0.2, -0.15) is 0 Å². The van der Waals surface area contributed by atoms with Crippen molar-refractivity contribution >= 4 is 10.0 Å². The van der Waals surface area contributed by atoms with Crippen LogP contribution in [0.4, 0.5) is 0 Å². The molecule has 0 N–H and O–H groups in total. The molecule has 3 nitrogen and oxygen atoms in total. The summed E-state index contributed by atoms with van der Waals surface area (Å²) in [6.45, 7) is 11.8. The Bertz CT molecular complexity index is 291. The van der Waals surface area contributed by atoms with Crippen LogP contribution in [-0.4, -0.2) is 31.6 Å². The number of hydrogen-bond donors (Lipinski definition) is 0. The van der Waals surface area contributed by atoms with Gasteiger partial charge in [0.25, 0.3) is 0 Å². The van der Waals surface area contributed by atoms with Crippen LogP contribution < -0.4 is 0 Å². The van der Waals surface area contributed by atoms with Gasteiger partial charge in [0.05, 0.1) is 5.75 Å². The Morgan fingerprint density at radius 2 is 1.59 bits per heavy atom. The van der Waals surface area contributed by atoms with Crippen LogP contribution in [0.2, 0.25) is 0 Å². The molecule has 0 amide bonds. The highest BCUT2D eigenvalue weighted by molar-refractivity contribution is 7.89. The van der Waals surface area contributed by atoms with Crippen LogP contribution in [0.5, 0.6) is 0 Å². The van der Waals surface area contributed by atoms with Crippen molar-refractivity contribution in [2.24, 2.45) is 5.41 Å². The minimum atomic E-state index is -3.04. The van der Waals surface area contributed by atoms with Gasteiger partial charge in [-0.3, -0.25) is 0 Å². The second-order valence-electron chi connectivity index (χ2n) is 5.88. The first-order chi connectivity index (χ1) is 7.73. The summed E-state index contributed by atoms with van der Waals surface area (Å²) in [5.74, 6) is 0.299. The predicted molar refractivity (Wildman–Crippen MR) is 74.6 cm³/mol. The fraction of sp³-hybridized carbons (Fsp3) is 1.00. The second kappa shape index (κ2) is 7.37. The molecule has 0 fully saturated rings. The van der Waals surface area contributed by atoms with E-state index in [1.54, 1.807) is 4.31 Å². The maximum atomic E-state index is 12.1. The van der Waals surface area contributed by atoms with Crippen LogP contribution in [0.3, 0.4) is 0 Å². The lowest BCUT2D eigenvalue weighted by Gasteiger charge is -2.26. The van der Waals surface area contributed by atoms with Crippen LogP contribution in [0.1, 0.15) is 60.3 Å². The van der Waals surface area contributed by atoms with Gasteiger partial charge in [-0.1, -0.05) is 41.0 Å². The zero-order chi connectivity index (χ0) is 13.5. The second-order valence-corrected chi connectivity index (χ2v) is 7.97. The van der Waals surface area contributed by atoms with E-state index >= 15 is 0 Å². The van der Waals surface area contributed by atoms with E-state index in [9.17, 15) is 8.42 Å². The number of hydrogen-bond acceptors (Lipinski definition) is 2. The Morgan fingerprint density at radius 1 is 1.00 bits per heavy atom. The molecule has 0 radical (unpaired) electrons. The Labute approximate surface area is 108 Å². The minimum absolute atomic E-state index is 0.187. The fourth-order valence-electron chi connectivity index (χ4n) is 1.56. The molecule has 0 spiro atoms. The van der Waals surface area contributed by atoms with Gasteiger partial charge in [-0.25, -0.2) is 12.7 Å². The quantitative estimate of drug-likeness (QED) is 0.674. The van der Waals surface area contributed by atoms with Gasteiger partial charge in [0.15, 0.2) is 0 Å². The average molecular weight is 263 g/mol. The number of unbranched alkanes of at least 4 members (excludes halogenated alkanes) is 1. The zero-order valence-electron chi connectivity index (χ0n) is 12.1. The van der Waals surface area contributed by atoms with E-state index in [2.05, 4.69) is 20.8 Å². The molecule has 0 saturated carbocycles. The molecule has 0 saturated heterocycles. The van der Waals surface area contributed by atoms with E-state index in [1.165, 1.54) is 0 Å². The number of rotatable bonds is 8. The van der Waals surface area contributed by atoms with Crippen molar-refractivity contribution in [1.82, 2.24) is 4.31 Å². The third kappa shape index (κ3) is 7.77. The lowest BCUT2D eigenvalue weighted by Crippen LogP contribution is -2.36. The highest BCUT2D eigenvalue weighted by Crippen LogP contribution is 2.20. The maximum absolute atomic E-state index is 12.1. The van der Waals surface area contributed by atoms with Crippen molar-refractivity contribution in [3.63, 3.8) is 0 Å². The van der Waals surface area contributed by atoms with E-state index in [1.807, 2.05) is 13.8 Å². The van der Waals surface area contributed by atoms with E-state index < -0.39 is 10.0 Å². The van der Waals surface area contributed by atoms with Gasteiger partial charge < -0.3 is 0 Å². The average Bonchev–Trinajstić information content (AvgIpc) is 2.19. The van der Waals surface area contributed by atoms with Crippen molar-refractivity contribution in [1.29, 1.82) is 0 Å². The SMILES string of the molecule is CCCCS(=O)(=O)N(CCC)CCC(C)(C)C. The summed E-state index contributed by atoms with van der Waals surface area (Å²) < 4.78 is 25.9. The van der Waals surface area contributed by atoms with Gasteiger partial charge in [0.2, 0.25) is 10.0 Å². The molecule has 0 aromatic heterocycles. The van der Waals surface area contributed by atoms with Crippen LogP contribution in [-0.2, 0) is 10.0 Å². The van der Waals surface area contributed by atoms with E-state index in [0.29, 0.717) is 18.8 Å². The van der Waals surface area contributed by atoms with Crippen LogP contribution in [0.15, 0.2) is 0 Å². The van der Waals surface area contributed by atoms with Crippen LogP contribution >= 0.6 is 0 Å². The Balaban J connectivity index is 4.50. The normalized spacial score (nSPS) is 13.3. The summed E-state index contributed by atoms with van der Waals surface area (Å²) in [5.41, 5.74) is 0.187. The Kier molecular flexibility index (Phi) is 7.33. The first-order valence-corrected chi connectivity index (χ1v) is 8.31. The van der Waals surface area contributed by atoms with E-state index in [4.69, 9.17) is 0 Å². The van der Waals surface area contributed by atoms with Crippen molar-refractivity contribution < 1.29 is 8.42 Å². The third-order valence-electron chi connectivity index (χ3n) is 2.73. The first kappa shape index (κ1) is 16.9. The summed E-state index contributed by atoms with van der Waals surface area (Å²) >= 11 is 0. The molecule has 17 heavy (non-hydrogen) atoms. The zero-order valence-corrected chi connectivity index (χ0v) is 12.9. The molecule has 0 aliphatic carbocycles. The number of sulfonamides is 1. The van der Waals surface area contributed by atoms with Gasteiger partial charge in [0.1, 0.15) is 0 Å². The van der Waals surface area contributed by atoms with Crippen LogP contribution in [0.25, 0.3) is 0 Å². The molecule has 0 atom stereocenters. The topological polar surface area (TPSA) is 37.4 Å². The Hall–Kier alpha value is -0.0900. The monoisotopic (exact) mass is 263 g/mol. The van der Waals surface area contributed by atoms with Gasteiger partial charge >= 0.3 is 0 Å². The number of nitrogens with zero attached hydrogens (tertiary/aromatic N) is 1. The van der Waals surface area contributed by atoms with E-state index in [0.717, 1.165) is 25.7 Å². The molecular formula is C13H29NO2S. The standard InChI is InChI=1S/C13H29NO2S/c1-6-8-12-17(15,16)14(10-7-2)11-9-13(3,4)5/h6-12H2,1-5H3. The fourth-order valence-corrected chi connectivity index (χ4v) is 3.30. The summed E-state index contributed by atoms with van der Waals surface area (Å²) in [7, 11) is -3.04. The molecule has 104 valence electrons. The predicted octanol–water partition coefficient (Wildman–Crippen LogP) is 3.26. The molecule has 0 aliphatic heterocycles. The molecule has 0 aromatic carbocycles. The lowest BCUT2D eigenvalue weighted by atomic mass is 9.92. The van der Waals surface area contributed by atoms with Crippen molar-refractivity contribution in [2.45, 2.75) is 60.3 Å². The van der Waals surface area contributed by atoms with Crippen molar-refractivity contribution in [3.8, 4) is 0 Å². The maximum Gasteiger partial charge on any atom is 0.214 e. The van der Waals surface area contributed by atoms with Gasteiger partial charge in [0, 0.05) is 13.1 Å². The summed E-state index contributed by atoms with van der Waals surface area (Å²) in [5, 5.41) is 0. The molecule has 0 rings (SSSR count). The highest BCUT2D eigenvalue weighted by Gasteiger charge is 2.22. The molecule has 0 aromatic rings. The summed E-state index contributed by atoms with van der Waals surface area (Å²) in [6.07, 6.45) is 3.49. The third-order valence-corrected chi connectivity index (χ3v) is 4.69. The lowest BCUT2D eigenvalue weighted by molar-refractivity contribution is 0.310. The largest absolute Gasteiger partial charge is 0.214 e. The molecule has 4 heteroatoms. The van der Waals surface area contributed by atoms with Crippen molar-refractivity contribution in [3.05, 3.63) is 0 Å². The summed E-state index contributed by atoms with van der Waals surface area (Å²) in [4.78, 5) is 0. The van der Waals surface area contributed by atoms with Crippen molar-refractivity contribution in [2.75, 3.05) is 18.8 Å². The molecule has 0 aliphatic rings. The Morgan fingerprint density at radius 3 is 2.00 bits per heavy atom. The van der Waals surface area contributed by atoms with Gasteiger partial charge in [-0.05, 0) is 24.7 Å². The molecule has 0 bridgehead atoms. The minimum Gasteiger partial charge on any atom is -0.212 e. The molecule has 0 unspecified atom stereocenters. The molecular weight excluding hydrogens is 234 g/mol. The van der Waals surface area contributed by atoms with Gasteiger partial charge in [-0.15, -0.1) is 0 Å². The smallest absolute Gasteiger partial charge is 0.212 e. The highest BCUT2D eigenvalue weighted by atomic mass is 32.2. The summed E-state index contributed by atoms with van der Waals surface area (Å²) in [6, 6.07) is 0.